The molecule has 1 aromatic carbocycles. The van der Waals surface area contributed by atoms with E-state index in [0.717, 1.165) is 17.0 Å². The lowest BCUT2D eigenvalue weighted by atomic mass is 10.2. The highest BCUT2D eigenvalue weighted by molar-refractivity contribution is 5.98. The summed E-state index contributed by atoms with van der Waals surface area (Å²) in [4.78, 5) is 15.0. The molecule has 3 rings (SSSR count). The molecule has 0 fully saturated rings. The van der Waals surface area contributed by atoms with E-state index in [1.54, 1.807) is 18.3 Å². The highest BCUT2D eigenvalue weighted by Gasteiger charge is 2.11. The molecule has 2 aromatic heterocycles. The third kappa shape index (κ3) is 2.16. The average Bonchev–Trinajstić information content (AvgIpc) is 2.85. The second-order valence-corrected chi connectivity index (χ2v) is 4.19. The predicted octanol–water partition coefficient (Wildman–Crippen LogP) is 1.94. The number of carbonyl (C=O) groups is 1. The number of hydrogen-bond acceptors (Lipinski definition) is 4. The largest absolute Gasteiger partial charge is 0.365 e. The van der Waals surface area contributed by atoms with E-state index in [-0.39, 0.29) is 11.4 Å². The van der Waals surface area contributed by atoms with Gasteiger partial charge in [0.15, 0.2) is 0 Å². The Kier molecular flexibility index (Phi) is 2.79. The summed E-state index contributed by atoms with van der Waals surface area (Å²) in [5.74, 6) is -1.29. The number of rotatable bonds is 3. The number of aromatic amines is 1. The Morgan fingerprint density at radius 1 is 1.30 bits per heavy atom. The Hall–Kier alpha value is -2.96. The lowest BCUT2D eigenvalue weighted by Crippen LogP contribution is -2.14. The molecule has 1 amide bonds. The number of pyridine rings is 1. The van der Waals surface area contributed by atoms with Crippen LogP contribution in [0.15, 0.2) is 36.5 Å². The van der Waals surface area contributed by atoms with Crippen molar-refractivity contribution in [3.8, 4) is 0 Å². The zero-order valence-corrected chi connectivity index (χ0v) is 10.2. The van der Waals surface area contributed by atoms with Crippen LogP contribution in [-0.4, -0.2) is 21.1 Å². The maximum atomic E-state index is 13.2. The molecule has 7 heteroatoms. The number of fused-ring (bicyclic) bond motifs is 1. The average molecular weight is 271 g/mol. The Morgan fingerprint density at radius 2 is 2.15 bits per heavy atom. The molecule has 0 aliphatic carbocycles. The van der Waals surface area contributed by atoms with Crippen molar-refractivity contribution in [1.82, 2.24) is 15.2 Å². The van der Waals surface area contributed by atoms with Gasteiger partial charge in [-0.3, -0.25) is 9.89 Å². The van der Waals surface area contributed by atoms with Gasteiger partial charge < -0.3 is 11.1 Å². The summed E-state index contributed by atoms with van der Waals surface area (Å²) in [6.45, 7) is 0. The van der Waals surface area contributed by atoms with Crippen LogP contribution in [0.2, 0.25) is 0 Å². The first-order valence-corrected chi connectivity index (χ1v) is 5.80. The van der Waals surface area contributed by atoms with Crippen molar-refractivity contribution in [3.63, 3.8) is 0 Å². The molecule has 3 aromatic rings. The van der Waals surface area contributed by atoms with Gasteiger partial charge in [0.1, 0.15) is 5.82 Å². The number of halogens is 1. The summed E-state index contributed by atoms with van der Waals surface area (Å²) in [6, 6.07) is 7.77. The van der Waals surface area contributed by atoms with Gasteiger partial charge in [0.05, 0.1) is 17.3 Å². The molecule has 4 N–H and O–H groups in total. The maximum absolute atomic E-state index is 13.2. The second kappa shape index (κ2) is 4.61. The summed E-state index contributed by atoms with van der Waals surface area (Å²) < 4.78 is 13.2. The van der Waals surface area contributed by atoms with E-state index in [9.17, 15) is 9.18 Å². The van der Waals surface area contributed by atoms with Crippen LogP contribution >= 0.6 is 0 Å². The quantitative estimate of drug-likeness (QED) is 0.634. The van der Waals surface area contributed by atoms with E-state index in [1.807, 2.05) is 6.07 Å². The number of amides is 1. The van der Waals surface area contributed by atoms with Crippen LogP contribution in [0.5, 0.6) is 0 Å². The number of nitrogens with zero attached hydrogens (tertiary/aromatic N) is 2. The van der Waals surface area contributed by atoms with Crippen molar-refractivity contribution in [2.24, 2.45) is 5.73 Å². The van der Waals surface area contributed by atoms with Crippen molar-refractivity contribution >= 4 is 28.3 Å². The van der Waals surface area contributed by atoms with Gasteiger partial charge in [0.2, 0.25) is 5.95 Å². The molecule has 0 atom stereocenters. The monoisotopic (exact) mass is 271 g/mol. The third-order valence-corrected chi connectivity index (χ3v) is 2.83. The van der Waals surface area contributed by atoms with Gasteiger partial charge in [-0.1, -0.05) is 0 Å². The molecule has 0 bridgehead atoms. The highest BCUT2D eigenvalue weighted by Crippen LogP contribution is 2.22. The van der Waals surface area contributed by atoms with E-state index < -0.39 is 11.9 Å². The summed E-state index contributed by atoms with van der Waals surface area (Å²) in [6.07, 6.45) is 1.69. The summed E-state index contributed by atoms with van der Waals surface area (Å²) in [5.41, 5.74) is 6.81. The molecule has 20 heavy (non-hydrogen) atoms. The Morgan fingerprint density at radius 3 is 2.95 bits per heavy atom. The van der Waals surface area contributed by atoms with E-state index in [1.165, 1.54) is 6.07 Å². The SMILES string of the molecule is NC(=O)c1ccc(F)nc1Nc1ccc2cn[nH]c2c1. The highest BCUT2D eigenvalue weighted by atomic mass is 19.1. The van der Waals surface area contributed by atoms with Crippen LogP contribution in [0.1, 0.15) is 10.4 Å². The molecular formula is C13H10FN5O. The van der Waals surface area contributed by atoms with Gasteiger partial charge in [-0.15, -0.1) is 0 Å². The predicted molar refractivity (Wildman–Crippen MR) is 72.1 cm³/mol. The summed E-state index contributed by atoms with van der Waals surface area (Å²) >= 11 is 0. The summed E-state index contributed by atoms with van der Waals surface area (Å²) in [5, 5.41) is 10.5. The van der Waals surface area contributed by atoms with Crippen LogP contribution in [-0.2, 0) is 0 Å². The molecule has 0 radical (unpaired) electrons. The second-order valence-electron chi connectivity index (χ2n) is 4.19. The van der Waals surface area contributed by atoms with Crippen molar-refractivity contribution < 1.29 is 9.18 Å². The molecule has 6 nitrogen and oxygen atoms in total. The molecule has 0 aliphatic rings. The molecule has 0 saturated carbocycles. The standard InChI is InChI=1S/C13H10FN5O/c14-11-4-3-9(12(15)20)13(18-11)17-8-2-1-7-6-16-19-10(7)5-8/h1-6H,(H2,15,20)(H,16,19)(H,17,18). The minimum atomic E-state index is -0.694. The van der Waals surface area contributed by atoms with Gasteiger partial charge in [-0.05, 0) is 30.3 Å². The Balaban J connectivity index is 2.01. The van der Waals surface area contributed by atoms with Gasteiger partial charge in [-0.25, -0.2) is 4.98 Å². The zero-order chi connectivity index (χ0) is 14.1. The number of benzene rings is 1. The van der Waals surface area contributed by atoms with E-state index in [4.69, 9.17) is 5.73 Å². The van der Waals surface area contributed by atoms with Gasteiger partial charge in [0, 0.05) is 11.1 Å². The van der Waals surface area contributed by atoms with E-state index >= 15 is 0 Å². The molecule has 0 saturated heterocycles. The van der Waals surface area contributed by atoms with Crippen molar-refractivity contribution in [3.05, 3.63) is 48.0 Å². The third-order valence-electron chi connectivity index (χ3n) is 2.83. The number of aromatic nitrogens is 3. The molecule has 0 unspecified atom stereocenters. The number of carbonyl (C=O) groups excluding carboxylic acids is 1. The maximum Gasteiger partial charge on any atom is 0.252 e. The number of nitrogens with two attached hydrogens (primary N) is 1. The number of anilines is 2. The van der Waals surface area contributed by atoms with E-state index in [2.05, 4.69) is 20.5 Å². The van der Waals surface area contributed by atoms with Crippen LogP contribution < -0.4 is 11.1 Å². The first kappa shape index (κ1) is 12.1. The molecule has 0 aliphatic heterocycles. The number of nitrogens with one attached hydrogen (secondary N) is 2. The Bertz CT molecular complexity index is 798. The van der Waals surface area contributed by atoms with Crippen molar-refractivity contribution in [1.29, 1.82) is 0 Å². The molecule has 2 heterocycles. The number of primary amides is 1. The molecule has 100 valence electrons. The number of H-pyrrole nitrogens is 1. The smallest absolute Gasteiger partial charge is 0.252 e. The molecule has 0 spiro atoms. The minimum absolute atomic E-state index is 0.0800. The molecular weight excluding hydrogens is 261 g/mol. The minimum Gasteiger partial charge on any atom is -0.365 e. The van der Waals surface area contributed by atoms with Gasteiger partial charge >= 0.3 is 0 Å². The number of hydrogen-bond donors (Lipinski definition) is 3. The zero-order valence-electron chi connectivity index (χ0n) is 10.2. The van der Waals surface area contributed by atoms with Gasteiger partial charge in [0.25, 0.3) is 5.91 Å². The lowest BCUT2D eigenvalue weighted by molar-refractivity contribution is 0.100. The van der Waals surface area contributed by atoms with Crippen LogP contribution in [0.25, 0.3) is 10.9 Å². The first-order valence-electron chi connectivity index (χ1n) is 5.80. The fraction of sp³-hybridized carbons (Fsp3) is 0. The summed E-state index contributed by atoms with van der Waals surface area (Å²) in [7, 11) is 0. The lowest BCUT2D eigenvalue weighted by Gasteiger charge is -2.09. The van der Waals surface area contributed by atoms with Gasteiger partial charge in [-0.2, -0.15) is 9.49 Å². The Labute approximate surface area is 112 Å². The van der Waals surface area contributed by atoms with Crippen molar-refractivity contribution in [2.45, 2.75) is 0 Å². The van der Waals surface area contributed by atoms with Crippen molar-refractivity contribution in [2.75, 3.05) is 5.32 Å². The van der Waals surface area contributed by atoms with Crippen LogP contribution in [0.4, 0.5) is 15.9 Å². The van der Waals surface area contributed by atoms with Crippen LogP contribution in [0.3, 0.4) is 0 Å². The fourth-order valence-electron chi connectivity index (χ4n) is 1.88. The first-order chi connectivity index (χ1) is 9.63. The van der Waals surface area contributed by atoms with Crippen LogP contribution in [0, 0.1) is 5.95 Å². The van der Waals surface area contributed by atoms with E-state index in [0.29, 0.717) is 5.69 Å². The fourth-order valence-corrected chi connectivity index (χ4v) is 1.88. The topological polar surface area (TPSA) is 96.7 Å². The normalized spacial score (nSPS) is 10.7.